The van der Waals surface area contributed by atoms with E-state index in [-0.39, 0.29) is 11.5 Å². The van der Waals surface area contributed by atoms with Gasteiger partial charge in [0.1, 0.15) is 0 Å². The van der Waals surface area contributed by atoms with Crippen molar-refractivity contribution < 1.29 is 4.79 Å². The molecule has 0 radical (unpaired) electrons. The number of carbonyl (C=O) groups excluding carboxylic acids is 1. The number of aryl methyl sites for hydroxylation is 1. The van der Waals surface area contributed by atoms with Gasteiger partial charge in [0.05, 0.1) is 6.54 Å². The van der Waals surface area contributed by atoms with Crippen LogP contribution in [0.3, 0.4) is 0 Å². The molecule has 3 rings (SSSR count). The largest absolute Gasteiger partial charge is 0.352 e. The smallest absolute Gasteiger partial charge is 0.250 e. The van der Waals surface area contributed by atoms with Crippen molar-refractivity contribution in [3.63, 3.8) is 0 Å². The van der Waals surface area contributed by atoms with Crippen molar-refractivity contribution in [2.24, 2.45) is 7.05 Å². The zero-order valence-corrected chi connectivity index (χ0v) is 15.7. The zero-order chi connectivity index (χ0) is 19.1. The van der Waals surface area contributed by atoms with Crippen molar-refractivity contribution in [3.8, 4) is 0 Å². The van der Waals surface area contributed by atoms with Crippen molar-refractivity contribution in [1.82, 2.24) is 30.1 Å². The SMILES string of the molecule is Cn1nnnc1SCCC(=O)NCc1ccc(Cn2ccccc2=O)cc1. The van der Waals surface area contributed by atoms with Crippen LogP contribution in [-0.4, -0.2) is 36.4 Å². The third-order valence-electron chi connectivity index (χ3n) is 3.91. The Kier molecular flexibility index (Phi) is 6.37. The molecule has 0 aliphatic heterocycles. The summed E-state index contributed by atoms with van der Waals surface area (Å²) in [4.78, 5) is 23.7. The molecule has 0 atom stereocenters. The highest BCUT2D eigenvalue weighted by Gasteiger charge is 2.06. The Morgan fingerprint density at radius 1 is 1.15 bits per heavy atom. The lowest BCUT2D eigenvalue weighted by atomic mass is 10.1. The van der Waals surface area contributed by atoms with E-state index in [0.717, 1.165) is 11.1 Å². The molecule has 2 heterocycles. The number of carbonyl (C=O) groups is 1. The Labute approximate surface area is 160 Å². The molecular weight excluding hydrogens is 364 g/mol. The summed E-state index contributed by atoms with van der Waals surface area (Å²) in [5.74, 6) is 0.600. The van der Waals surface area contributed by atoms with Gasteiger partial charge in [-0.05, 0) is 27.6 Å². The first-order valence-electron chi connectivity index (χ1n) is 8.47. The molecule has 1 aromatic carbocycles. The summed E-state index contributed by atoms with van der Waals surface area (Å²) < 4.78 is 3.23. The second-order valence-electron chi connectivity index (χ2n) is 5.94. The van der Waals surface area contributed by atoms with E-state index in [2.05, 4.69) is 20.8 Å². The maximum Gasteiger partial charge on any atom is 0.250 e. The number of rotatable bonds is 8. The first-order chi connectivity index (χ1) is 13.1. The topological polar surface area (TPSA) is 94.7 Å². The van der Waals surface area contributed by atoms with Crippen LogP contribution in [0.2, 0.25) is 0 Å². The minimum absolute atomic E-state index is 0.0162. The van der Waals surface area contributed by atoms with Crippen molar-refractivity contribution in [2.45, 2.75) is 24.7 Å². The number of benzene rings is 1. The van der Waals surface area contributed by atoms with Crippen LogP contribution in [-0.2, 0) is 24.9 Å². The molecule has 2 aromatic heterocycles. The zero-order valence-electron chi connectivity index (χ0n) is 14.9. The van der Waals surface area contributed by atoms with Crippen LogP contribution in [0.1, 0.15) is 17.5 Å². The summed E-state index contributed by atoms with van der Waals surface area (Å²) in [6.45, 7) is 1.00. The molecule has 0 unspecified atom stereocenters. The molecule has 0 bridgehead atoms. The molecule has 9 heteroatoms. The van der Waals surface area contributed by atoms with Gasteiger partial charge in [0.2, 0.25) is 11.1 Å². The first kappa shape index (κ1) is 18.8. The van der Waals surface area contributed by atoms with Crippen molar-refractivity contribution in [2.75, 3.05) is 5.75 Å². The van der Waals surface area contributed by atoms with Crippen LogP contribution in [0.25, 0.3) is 0 Å². The fourth-order valence-electron chi connectivity index (χ4n) is 2.42. The molecule has 0 saturated heterocycles. The number of tetrazole rings is 1. The molecule has 27 heavy (non-hydrogen) atoms. The second kappa shape index (κ2) is 9.13. The molecule has 0 fully saturated rings. The van der Waals surface area contributed by atoms with Gasteiger partial charge in [0.15, 0.2) is 0 Å². The molecule has 0 spiro atoms. The summed E-state index contributed by atoms with van der Waals surface area (Å²) in [6.07, 6.45) is 2.16. The van der Waals surface area contributed by atoms with Gasteiger partial charge < -0.3 is 9.88 Å². The lowest BCUT2D eigenvalue weighted by Gasteiger charge is -2.08. The Bertz CT molecular complexity index is 951. The van der Waals surface area contributed by atoms with E-state index >= 15 is 0 Å². The highest BCUT2D eigenvalue weighted by atomic mass is 32.2. The van der Waals surface area contributed by atoms with Crippen LogP contribution in [0.5, 0.6) is 0 Å². The fourth-order valence-corrected chi connectivity index (χ4v) is 3.21. The minimum atomic E-state index is -0.0242. The number of hydrogen-bond donors (Lipinski definition) is 1. The van der Waals surface area contributed by atoms with E-state index in [1.807, 2.05) is 30.3 Å². The van der Waals surface area contributed by atoms with E-state index in [9.17, 15) is 9.59 Å². The van der Waals surface area contributed by atoms with Crippen molar-refractivity contribution in [1.29, 1.82) is 0 Å². The van der Waals surface area contributed by atoms with Gasteiger partial charge in [0, 0.05) is 38.0 Å². The first-order valence-corrected chi connectivity index (χ1v) is 9.45. The van der Waals surface area contributed by atoms with Gasteiger partial charge in [-0.15, -0.1) is 5.10 Å². The number of hydrogen-bond acceptors (Lipinski definition) is 6. The standard InChI is InChI=1S/C18H20N6O2S/c1-23-18(20-21-22-23)27-11-9-16(25)19-12-14-5-7-15(8-6-14)13-24-10-3-2-4-17(24)26/h2-8,10H,9,11-13H2,1H3,(H,19,25). The molecule has 1 amide bonds. The lowest BCUT2D eigenvalue weighted by Crippen LogP contribution is -2.23. The van der Waals surface area contributed by atoms with E-state index in [4.69, 9.17) is 0 Å². The van der Waals surface area contributed by atoms with Crippen molar-refractivity contribution >= 4 is 17.7 Å². The van der Waals surface area contributed by atoms with Crippen molar-refractivity contribution in [3.05, 3.63) is 70.1 Å². The highest BCUT2D eigenvalue weighted by Crippen LogP contribution is 2.13. The van der Waals surface area contributed by atoms with Crippen LogP contribution in [0.4, 0.5) is 0 Å². The number of amides is 1. The summed E-state index contributed by atoms with van der Waals surface area (Å²) in [7, 11) is 1.76. The lowest BCUT2D eigenvalue weighted by molar-refractivity contribution is -0.120. The van der Waals surface area contributed by atoms with Crippen LogP contribution in [0, 0.1) is 0 Å². The number of thioether (sulfide) groups is 1. The molecular formula is C18H20N6O2S. The van der Waals surface area contributed by atoms with E-state index in [1.165, 1.54) is 11.8 Å². The molecule has 1 N–H and O–H groups in total. The molecule has 140 valence electrons. The Hall–Kier alpha value is -2.94. The average Bonchev–Trinajstić information content (AvgIpc) is 3.08. The maximum atomic E-state index is 12.0. The monoisotopic (exact) mass is 384 g/mol. The van der Waals surface area contributed by atoms with Crippen LogP contribution >= 0.6 is 11.8 Å². The Morgan fingerprint density at radius 2 is 1.93 bits per heavy atom. The van der Waals surface area contributed by atoms with Gasteiger partial charge in [0.25, 0.3) is 5.56 Å². The molecule has 8 nitrogen and oxygen atoms in total. The maximum absolute atomic E-state index is 12.0. The Balaban J connectivity index is 1.43. The minimum Gasteiger partial charge on any atom is -0.352 e. The predicted molar refractivity (Wildman–Crippen MR) is 102 cm³/mol. The molecule has 0 aliphatic carbocycles. The van der Waals surface area contributed by atoms with Gasteiger partial charge in [-0.25, -0.2) is 4.68 Å². The number of pyridine rings is 1. The average molecular weight is 384 g/mol. The van der Waals surface area contributed by atoms with E-state index < -0.39 is 0 Å². The number of nitrogens with one attached hydrogen (secondary N) is 1. The number of aromatic nitrogens is 5. The molecule has 0 aliphatic rings. The van der Waals surface area contributed by atoms with E-state index in [1.54, 1.807) is 34.6 Å². The third-order valence-corrected chi connectivity index (χ3v) is 4.92. The highest BCUT2D eigenvalue weighted by molar-refractivity contribution is 7.99. The summed E-state index contributed by atoms with van der Waals surface area (Å²) in [6, 6.07) is 13.0. The van der Waals surface area contributed by atoms with Gasteiger partial charge in [-0.3, -0.25) is 9.59 Å². The summed E-state index contributed by atoms with van der Waals surface area (Å²) in [5.41, 5.74) is 2.02. The third kappa shape index (κ3) is 5.52. The van der Waals surface area contributed by atoms with E-state index in [0.29, 0.717) is 30.4 Å². The second-order valence-corrected chi connectivity index (χ2v) is 7.01. The Morgan fingerprint density at radius 3 is 2.63 bits per heavy atom. The normalized spacial score (nSPS) is 10.7. The quantitative estimate of drug-likeness (QED) is 0.587. The summed E-state index contributed by atoms with van der Waals surface area (Å²) >= 11 is 1.45. The predicted octanol–water partition coefficient (Wildman–Crippen LogP) is 1.22. The van der Waals surface area contributed by atoms with Crippen LogP contribution in [0.15, 0.2) is 58.6 Å². The number of nitrogens with zero attached hydrogens (tertiary/aromatic N) is 5. The van der Waals surface area contributed by atoms with Gasteiger partial charge >= 0.3 is 0 Å². The fraction of sp³-hybridized carbons (Fsp3) is 0.278. The van der Waals surface area contributed by atoms with Crippen LogP contribution < -0.4 is 10.9 Å². The summed E-state index contributed by atoms with van der Waals surface area (Å²) in [5, 5.41) is 14.8. The molecule has 0 saturated carbocycles. The molecule has 3 aromatic rings. The van der Waals surface area contributed by atoms with Gasteiger partial charge in [-0.1, -0.05) is 42.1 Å². The van der Waals surface area contributed by atoms with Gasteiger partial charge in [-0.2, -0.15) is 0 Å².